The quantitative estimate of drug-likeness (QED) is 0.274. The lowest BCUT2D eigenvalue weighted by Crippen LogP contribution is -2.22. The van der Waals surface area contributed by atoms with Crippen LogP contribution >= 0.6 is 0 Å². The second-order valence-corrected chi connectivity index (χ2v) is 9.01. The van der Waals surface area contributed by atoms with E-state index >= 15 is 0 Å². The number of rotatable bonds is 7. The van der Waals surface area contributed by atoms with Crippen molar-refractivity contribution in [1.29, 1.82) is 0 Å². The minimum Gasteiger partial charge on any atom is -0.497 e. The van der Waals surface area contributed by atoms with Crippen molar-refractivity contribution in [2.75, 3.05) is 14.2 Å². The maximum Gasteiger partial charge on any atom is 0.309 e. The van der Waals surface area contributed by atoms with E-state index in [9.17, 15) is 9.18 Å². The molecule has 0 amide bonds. The van der Waals surface area contributed by atoms with Crippen molar-refractivity contribution in [2.24, 2.45) is 11.8 Å². The van der Waals surface area contributed by atoms with Gasteiger partial charge < -0.3 is 13.9 Å². The zero-order chi connectivity index (χ0) is 23.8. The summed E-state index contributed by atoms with van der Waals surface area (Å²) in [7, 11) is 3.01. The normalized spacial score (nSPS) is 15.2. The summed E-state index contributed by atoms with van der Waals surface area (Å²) in [5.74, 6) is 1.32. The maximum atomic E-state index is 14.3. The lowest BCUT2D eigenvalue weighted by molar-refractivity contribution is -0.145. The van der Waals surface area contributed by atoms with Crippen LogP contribution in [0, 0.1) is 17.7 Å². The van der Waals surface area contributed by atoms with Crippen LogP contribution in [0.15, 0.2) is 71.1 Å². The van der Waals surface area contributed by atoms with Crippen LogP contribution in [-0.2, 0) is 9.53 Å². The van der Waals surface area contributed by atoms with Crippen LogP contribution in [0.4, 0.5) is 4.39 Å². The number of esters is 1. The van der Waals surface area contributed by atoms with Crippen LogP contribution in [0.5, 0.6) is 5.75 Å². The molecule has 5 heteroatoms. The number of fused-ring (bicyclic) bond motifs is 1. The topological polar surface area (TPSA) is 48.7 Å². The molecule has 0 N–H and O–H groups in total. The Balaban J connectivity index is 1.44. The SMILES string of the molecule is COC(=O)[C@@H](C)[C@H](c1ccc2cc(-c3ccc(-c4cc(OC)ccc4F)cc3)oc2c1)C1CC1. The molecule has 0 saturated heterocycles. The van der Waals surface area contributed by atoms with E-state index in [4.69, 9.17) is 13.9 Å². The third kappa shape index (κ3) is 4.18. The van der Waals surface area contributed by atoms with Gasteiger partial charge in [0.05, 0.1) is 20.1 Å². The first kappa shape index (κ1) is 22.2. The minimum absolute atomic E-state index is 0.127. The lowest BCUT2D eigenvalue weighted by Gasteiger charge is -2.22. The summed E-state index contributed by atoms with van der Waals surface area (Å²) in [6, 6.07) is 20.6. The number of ether oxygens (including phenoxy) is 2. The van der Waals surface area contributed by atoms with E-state index in [0.717, 1.165) is 46.3 Å². The van der Waals surface area contributed by atoms with Crippen LogP contribution in [-0.4, -0.2) is 20.2 Å². The van der Waals surface area contributed by atoms with E-state index in [1.54, 1.807) is 19.2 Å². The number of methoxy groups -OCH3 is 2. The molecule has 1 fully saturated rings. The molecular formula is C29H27FO4. The van der Waals surface area contributed by atoms with E-state index in [-0.39, 0.29) is 23.6 Å². The van der Waals surface area contributed by atoms with Crippen LogP contribution in [0.25, 0.3) is 33.4 Å². The molecule has 1 aliphatic rings. The van der Waals surface area contributed by atoms with Gasteiger partial charge >= 0.3 is 5.97 Å². The zero-order valence-corrected chi connectivity index (χ0v) is 19.5. The lowest BCUT2D eigenvalue weighted by atomic mass is 9.83. The summed E-state index contributed by atoms with van der Waals surface area (Å²) in [6.45, 7) is 1.94. The molecule has 5 rings (SSSR count). The van der Waals surface area contributed by atoms with Crippen molar-refractivity contribution in [1.82, 2.24) is 0 Å². The molecule has 1 saturated carbocycles. The first-order valence-electron chi connectivity index (χ1n) is 11.5. The predicted molar refractivity (Wildman–Crippen MR) is 130 cm³/mol. The standard InChI is InChI=1S/C29H27FO4/c1-17(29(31)33-3)28(20-8-9-20)22-11-10-21-14-26(34-27(21)15-22)19-6-4-18(5-7-19)24-16-23(32-2)12-13-25(24)30/h4-7,10-17,20,28H,8-9H2,1-3H3/t17-,28-/m0/s1. The van der Waals surface area contributed by atoms with Gasteiger partial charge in [-0.3, -0.25) is 4.79 Å². The summed E-state index contributed by atoms with van der Waals surface area (Å²) in [4.78, 5) is 12.2. The Morgan fingerprint density at radius 1 is 0.971 bits per heavy atom. The van der Waals surface area contributed by atoms with Gasteiger partial charge in [0.1, 0.15) is 22.9 Å². The molecular weight excluding hydrogens is 431 g/mol. The van der Waals surface area contributed by atoms with Gasteiger partial charge in [-0.1, -0.05) is 43.3 Å². The van der Waals surface area contributed by atoms with E-state index < -0.39 is 0 Å². The van der Waals surface area contributed by atoms with Gasteiger partial charge in [-0.25, -0.2) is 4.39 Å². The molecule has 0 aliphatic heterocycles. The second kappa shape index (κ2) is 8.98. The van der Waals surface area contributed by atoms with Crippen molar-refractivity contribution >= 4 is 16.9 Å². The molecule has 4 nitrogen and oxygen atoms in total. The highest BCUT2D eigenvalue weighted by atomic mass is 19.1. The van der Waals surface area contributed by atoms with Crippen molar-refractivity contribution in [3.05, 3.63) is 78.1 Å². The zero-order valence-electron chi connectivity index (χ0n) is 19.5. The van der Waals surface area contributed by atoms with E-state index in [1.807, 2.05) is 37.3 Å². The molecule has 2 atom stereocenters. The first-order chi connectivity index (χ1) is 16.5. The minimum atomic E-state index is -0.295. The summed E-state index contributed by atoms with van der Waals surface area (Å²) in [5.41, 5.74) is 4.07. The first-order valence-corrected chi connectivity index (χ1v) is 11.5. The van der Waals surface area contributed by atoms with Crippen LogP contribution in [0.2, 0.25) is 0 Å². The summed E-state index contributed by atoms with van der Waals surface area (Å²) in [6.07, 6.45) is 2.27. The monoisotopic (exact) mass is 458 g/mol. The molecule has 34 heavy (non-hydrogen) atoms. The molecule has 3 aromatic carbocycles. The summed E-state index contributed by atoms with van der Waals surface area (Å²) >= 11 is 0. The van der Waals surface area contributed by atoms with Gasteiger partial charge in [-0.2, -0.15) is 0 Å². The van der Waals surface area contributed by atoms with E-state index in [0.29, 0.717) is 17.2 Å². The third-order valence-corrected chi connectivity index (χ3v) is 6.82. The van der Waals surface area contributed by atoms with Gasteiger partial charge in [0.25, 0.3) is 0 Å². The van der Waals surface area contributed by atoms with Crippen LogP contribution < -0.4 is 4.74 Å². The average Bonchev–Trinajstić information content (AvgIpc) is 3.61. The van der Waals surface area contributed by atoms with E-state index in [2.05, 4.69) is 18.2 Å². The van der Waals surface area contributed by atoms with Crippen molar-refractivity contribution in [2.45, 2.75) is 25.7 Å². The fraction of sp³-hybridized carbons (Fsp3) is 0.276. The number of halogens is 1. The molecule has 0 radical (unpaired) electrons. The fourth-order valence-electron chi connectivity index (χ4n) is 4.82. The number of hydrogen-bond acceptors (Lipinski definition) is 4. The molecule has 0 bridgehead atoms. The number of carbonyl (C=O) groups is 1. The van der Waals surface area contributed by atoms with Gasteiger partial charge in [-0.15, -0.1) is 0 Å². The molecule has 4 aromatic rings. The second-order valence-electron chi connectivity index (χ2n) is 9.01. The van der Waals surface area contributed by atoms with Crippen molar-refractivity contribution in [3.8, 4) is 28.2 Å². The summed E-state index contributed by atoms with van der Waals surface area (Å²) in [5, 5.41) is 1.00. The Labute approximate surface area is 198 Å². The Hall–Kier alpha value is -3.60. The number of furan rings is 1. The molecule has 0 unspecified atom stereocenters. The molecule has 1 aliphatic carbocycles. The Bertz CT molecular complexity index is 1330. The van der Waals surface area contributed by atoms with Crippen LogP contribution in [0.1, 0.15) is 31.2 Å². The highest BCUT2D eigenvalue weighted by Gasteiger charge is 2.39. The predicted octanol–water partition coefficient (Wildman–Crippen LogP) is 7.22. The van der Waals surface area contributed by atoms with Crippen molar-refractivity contribution < 1.29 is 23.1 Å². The van der Waals surface area contributed by atoms with E-state index in [1.165, 1.54) is 13.2 Å². The smallest absolute Gasteiger partial charge is 0.309 e. The average molecular weight is 459 g/mol. The van der Waals surface area contributed by atoms with Gasteiger partial charge in [-0.05, 0) is 66.1 Å². The highest BCUT2D eigenvalue weighted by molar-refractivity contribution is 5.84. The molecule has 174 valence electrons. The van der Waals surface area contributed by atoms with Gasteiger partial charge in [0, 0.05) is 16.5 Å². The Morgan fingerprint density at radius 3 is 2.38 bits per heavy atom. The highest BCUT2D eigenvalue weighted by Crippen LogP contribution is 2.47. The number of hydrogen-bond donors (Lipinski definition) is 0. The fourth-order valence-corrected chi connectivity index (χ4v) is 4.82. The number of carbonyl (C=O) groups excluding carboxylic acids is 1. The number of benzene rings is 3. The molecule has 1 heterocycles. The maximum absolute atomic E-state index is 14.3. The Morgan fingerprint density at radius 2 is 1.71 bits per heavy atom. The molecule has 0 spiro atoms. The van der Waals surface area contributed by atoms with Crippen LogP contribution in [0.3, 0.4) is 0 Å². The summed E-state index contributed by atoms with van der Waals surface area (Å²) < 4.78 is 30.8. The third-order valence-electron chi connectivity index (χ3n) is 6.82. The van der Waals surface area contributed by atoms with Crippen molar-refractivity contribution in [3.63, 3.8) is 0 Å². The van der Waals surface area contributed by atoms with Gasteiger partial charge in [0.2, 0.25) is 0 Å². The van der Waals surface area contributed by atoms with Gasteiger partial charge in [0.15, 0.2) is 0 Å². The Kier molecular flexibility index (Phi) is 5.86. The molecule has 1 aromatic heterocycles. The largest absolute Gasteiger partial charge is 0.497 e.